The van der Waals surface area contributed by atoms with Crippen molar-refractivity contribution < 1.29 is 0 Å². The van der Waals surface area contributed by atoms with E-state index in [2.05, 4.69) is 41.8 Å². The highest BCUT2D eigenvalue weighted by atomic mass is 127. The van der Waals surface area contributed by atoms with Gasteiger partial charge < -0.3 is 0 Å². The highest BCUT2D eigenvalue weighted by Gasteiger charge is 2.29. The number of halogens is 1. The van der Waals surface area contributed by atoms with E-state index >= 15 is 0 Å². The Morgan fingerprint density at radius 1 is 1.39 bits per heavy atom. The molecule has 2 rings (SSSR count). The van der Waals surface area contributed by atoms with E-state index in [4.69, 9.17) is 10.8 Å². The van der Waals surface area contributed by atoms with Gasteiger partial charge in [-0.2, -0.15) is 0 Å². The molecule has 1 atom stereocenters. The van der Waals surface area contributed by atoms with E-state index in [0.29, 0.717) is 5.92 Å². The molecule has 2 aliphatic rings. The molecule has 1 fully saturated rings. The van der Waals surface area contributed by atoms with E-state index < -0.39 is 0 Å². The topological polar surface area (TPSA) is 53.7 Å². The van der Waals surface area contributed by atoms with Crippen LogP contribution in [0.4, 0.5) is 0 Å². The van der Waals surface area contributed by atoms with Crippen LogP contribution in [0.3, 0.4) is 0 Å². The lowest BCUT2D eigenvalue weighted by Crippen LogP contribution is -2.50. The molecule has 0 radical (unpaired) electrons. The Bertz CT molecular complexity index is 358. The number of allylic oxidation sites excluding steroid dienone is 2. The van der Waals surface area contributed by atoms with Crippen LogP contribution >= 0.6 is 22.6 Å². The summed E-state index contributed by atoms with van der Waals surface area (Å²) in [5.41, 5.74) is 2.41. The van der Waals surface area contributed by atoms with E-state index in [9.17, 15) is 0 Å². The van der Waals surface area contributed by atoms with Crippen LogP contribution in [0.1, 0.15) is 46.0 Å². The van der Waals surface area contributed by atoms with Crippen molar-refractivity contribution in [1.29, 1.82) is 0 Å². The number of rotatable bonds is 3. The number of nitrogens with two attached hydrogens (primary N) is 1. The van der Waals surface area contributed by atoms with Crippen LogP contribution < -0.4 is 11.2 Å². The third-order valence-corrected chi connectivity index (χ3v) is 5.17. The third kappa shape index (κ3) is 2.88. The van der Waals surface area contributed by atoms with Crippen LogP contribution in [0, 0.1) is 5.92 Å². The predicted molar refractivity (Wildman–Crippen MR) is 84.2 cm³/mol. The molecule has 0 aromatic carbocycles. The summed E-state index contributed by atoms with van der Waals surface area (Å²) in [4.78, 5) is 4.85. The summed E-state index contributed by atoms with van der Waals surface area (Å²) in [7, 11) is 0. The predicted octanol–water partition coefficient (Wildman–Crippen LogP) is 2.76. The molecule has 0 aromatic rings. The second kappa shape index (κ2) is 6.34. The molecule has 0 spiro atoms. The molecule has 0 saturated heterocycles. The molecule has 1 saturated carbocycles. The fraction of sp³-hybridized carbons (Fsp3) is 0.769. The Morgan fingerprint density at radius 2 is 2.06 bits per heavy atom. The van der Waals surface area contributed by atoms with Crippen molar-refractivity contribution in [3.63, 3.8) is 0 Å². The van der Waals surface area contributed by atoms with E-state index in [1.807, 2.05) is 0 Å². The van der Waals surface area contributed by atoms with Gasteiger partial charge in [-0.05, 0) is 48.9 Å². The summed E-state index contributed by atoms with van der Waals surface area (Å²) in [6.07, 6.45) is 6.52. The number of nitrogens with zero attached hydrogens (tertiary/aromatic N) is 2. The van der Waals surface area contributed by atoms with Gasteiger partial charge in [0, 0.05) is 11.6 Å². The van der Waals surface area contributed by atoms with Crippen molar-refractivity contribution in [2.45, 2.75) is 52.2 Å². The van der Waals surface area contributed by atoms with Gasteiger partial charge in [-0.15, -0.1) is 0 Å². The molecular weight excluding hydrogens is 339 g/mol. The summed E-state index contributed by atoms with van der Waals surface area (Å²) in [6.45, 7) is 5.05. The second-order valence-corrected chi connectivity index (χ2v) is 6.17. The van der Waals surface area contributed by atoms with Gasteiger partial charge in [-0.3, -0.25) is 10.3 Å². The lowest BCUT2D eigenvalue weighted by Gasteiger charge is -2.35. The van der Waals surface area contributed by atoms with Crippen molar-refractivity contribution in [1.82, 2.24) is 10.3 Å². The van der Waals surface area contributed by atoms with Gasteiger partial charge in [0.2, 0.25) is 0 Å². The van der Waals surface area contributed by atoms with E-state index in [0.717, 1.165) is 12.2 Å². The van der Waals surface area contributed by atoms with Crippen LogP contribution in [0.2, 0.25) is 0 Å². The van der Waals surface area contributed by atoms with Gasteiger partial charge in [0.1, 0.15) is 0 Å². The smallest absolute Gasteiger partial charge is 0.189 e. The zero-order valence-electron chi connectivity index (χ0n) is 11.2. The van der Waals surface area contributed by atoms with Crippen LogP contribution in [-0.2, 0) is 0 Å². The Hall–Kier alpha value is -0.140. The molecule has 0 amide bonds. The first-order valence-corrected chi connectivity index (χ1v) is 7.94. The number of hydrogen-bond acceptors (Lipinski definition) is 4. The molecule has 0 aromatic heterocycles. The molecule has 3 N–H and O–H groups in total. The molecule has 102 valence electrons. The highest BCUT2D eigenvalue weighted by molar-refractivity contribution is 14.1. The maximum absolute atomic E-state index is 6.09. The van der Waals surface area contributed by atoms with Gasteiger partial charge in [-0.1, -0.05) is 26.2 Å². The lowest BCUT2D eigenvalue weighted by molar-refractivity contribution is 0.222. The van der Waals surface area contributed by atoms with Gasteiger partial charge in [0.25, 0.3) is 0 Å². The largest absolute Gasteiger partial charge is 0.278 e. The SMILES string of the molecule is CCNC1N=C(C2CCCCC2)C(I)=C(C)N1N. The van der Waals surface area contributed by atoms with Gasteiger partial charge in [0.15, 0.2) is 6.29 Å². The number of hydrazine groups is 1. The molecule has 18 heavy (non-hydrogen) atoms. The second-order valence-electron chi connectivity index (χ2n) is 5.09. The first kappa shape index (κ1) is 14.3. The summed E-state index contributed by atoms with van der Waals surface area (Å²) in [5.74, 6) is 6.73. The number of aliphatic imine (C=N–C) groups is 1. The Kier molecular flexibility index (Phi) is 5.03. The minimum atomic E-state index is -0.0922. The summed E-state index contributed by atoms with van der Waals surface area (Å²) in [6, 6.07) is 0. The van der Waals surface area contributed by atoms with Crippen LogP contribution in [0.15, 0.2) is 14.3 Å². The van der Waals surface area contributed by atoms with Crippen LogP contribution in [0.5, 0.6) is 0 Å². The number of hydrogen-bond donors (Lipinski definition) is 2. The zero-order valence-corrected chi connectivity index (χ0v) is 13.4. The molecule has 0 bridgehead atoms. The quantitative estimate of drug-likeness (QED) is 0.600. The van der Waals surface area contributed by atoms with E-state index in [-0.39, 0.29) is 6.29 Å². The minimum absolute atomic E-state index is 0.0922. The number of nitrogens with one attached hydrogen (secondary N) is 1. The monoisotopic (exact) mass is 362 g/mol. The van der Waals surface area contributed by atoms with Crippen molar-refractivity contribution >= 4 is 28.3 Å². The maximum Gasteiger partial charge on any atom is 0.189 e. The van der Waals surface area contributed by atoms with Crippen molar-refractivity contribution in [2.75, 3.05) is 6.54 Å². The first-order valence-electron chi connectivity index (χ1n) is 6.87. The maximum atomic E-state index is 6.09. The fourth-order valence-electron chi connectivity index (χ4n) is 2.72. The normalized spacial score (nSPS) is 26.6. The molecule has 1 unspecified atom stereocenters. The molecule has 5 heteroatoms. The summed E-state index contributed by atoms with van der Waals surface area (Å²) >= 11 is 2.40. The lowest BCUT2D eigenvalue weighted by atomic mass is 9.85. The Balaban J connectivity index is 2.22. The summed E-state index contributed by atoms with van der Waals surface area (Å²) < 4.78 is 1.25. The first-order chi connectivity index (χ1) is 8.65. The molecular formula is C13H23IN4. The van der Waals surface area contributed by atoms with E-state index in [1.54, 1.807) is 5.01 Å². The van der Waals surface area contributed by atoms with Crippen molar-refractivity contribution in [3.8, 4) is 0 Å². The van der Waals surface area contributed by atoms with Crippen LogP contribution in [0.25, 0.3) is 0 Å². The molecule has 1 aliphatic carbocycles. The van der Waals surface area contributed by atoms with Crippen LogP contribution in [-0.4, -0.2) is 23.6 Å². The van der Waals surface area contributed by atoms with E-state index in [1.165, 1.54) is 41.4 Å². The Labute approximate surface area is 123 Å². The molecule has 4 nitrogen and oxygen atoms in total. The standard InChI is InChI=1S/C13H23IN4/c1-3-16-13-17-12(10-7-5-4-6-8-10)11(14)9(2)18(13)15/h10,13,16H,3-8,15H2,1-2H3. The van der Waals surface area contributed by atoms with Crippen molar-refractivity contribution in [2.24, 2.45) is 16.8 Å². The van der Waals surface area contributed by atoms with Gasteiger partial charge in [-0.25, -0.2) is 10.8 Å². The average Bonchev–Trinajstić information content (AvgIpc) is 2.40. The van der Waals surface area contributed by atoms with Crippen molar-refractivity contribution in [3.05, 3.63) is 9.28 Å². The highest BCUT2D eigenvalue weighted by Crippen LogP contribution is 2.33. The van der Waals surface area contributed by atoms with Gasteiger partial charge >= 0.3 is 0 Å². The third-order valence-electron chi connectivity index (χ3n) is 3.83. The average molecular weight is 362 g/mol. The molecule has 1 heterocycles. The fourth-order valence-corrected chi connectivity index (χ4v) is 3.58. The van der Waals surface area contributed by atoms with Gasteiger partial charge in [0.05, 0.1) is 9.29 Å². The zero-order chi connectivity index (χ0) is 13.1. The minimum Gasteiger partial charge on any atom is -0.278 e. The Morgan fingerprint density at radius 3 is 2.67 bits per heavy atom. The summed E-state index contributed by atoms with van der Waals surface area (Å²) in [5, 5.41) is 5.08. The molecule has 1 aliphatic heterocycles.